The summed E-state index contributed by atoms with van der Waals surface area (Å²) in [7, 11) is -4.57. The number of benzene rings is 1. The summed E-state index contributed by atoms with van der Waals surface area (Å²) in [6.45, 7) is 0. The summed E-state index contributed by atoms with van der Waals surface area (Å²) < 4.78 is 15.7. The second kappa shape index (κ2) is 5.37. The van der Waals surface area contributed by atoms with E-state index in [1.54, 1.807) is 12.1 Å². The number of phosphoric ester groups is 1. The Balaban J connectivity index is 1.86. The average Bonchev–Trinajstić information content (AvgIpc) is 2.76. The second-order valence-corrected chi connectivity index (χ2v) is 7.46. The number of hydrogen-bond donors (Lipinski definition) is 3. The monoisotopic (exact) mass is 326 g/mol. The third-order valence-electron chi connectivity index (χ3n) is 5.04. The highest BCUT2D eigenvalue weighted by atomic mass is 31.2. The van der Waals surface area contributed by atoms with Crippen molar-refractivity contribution in [3.63, 3.8) is 0 Å². The minimum atomic E-state index is -4.57. The zero-order valence-electron chi connectivity index (χ0n) is 12.1. The number of rotatable bonds is 3. The molecule has 0 radical (unpaired) electrons. The van der Waals surface area contributed by atoms with Crippen molar-refractivity contribution in [2.75, 3.05) is 0 Å². The Morgan fingerprint density at radius 2 is 1.91 bits per heavy atom. The smallest absolute Gasteiger partial charge is 0.481 e. The topological polar surface area (TPSA) is 104 Å². The van der Waals surface area contributed by atoms with Crippen molar-refractivity contribution >= 4 is 13.8 Å². The van der Waals surface area contributed by atoms with Crippen LogP contribution in [0.15, 0.2) is 18.2 Å². The van der Waals surface area contributed by atoms with Crippen LogP contribution in [0.4, 0.5) is 0 Å². The Morgan fingerprint density at radius 1 is 1.23 bits per heavy atom. The third kappa shape index (κ3) is 2.91. The van der Waals surface area contributed by atoms with E-state index in [4.69, 9.17) is 19.4 Å². The first-order valence-electron chi connectivity index (χ1n) is 7.40. The summed E-state index contributed by atoms with van der Waals surface area (Å²) in [4.78, 5) is 29.0. The zero-order valence-corrected chi connectivity index (χ0v) is 13.0. The molecule has 2 aliphatic rings. The molecule has 0 aliphatic heterocycles. The molecule has 3 N–H and O–H groups in total. The molecule has 1 saturated carbocycles. The standard InChI is InChI=1S/C15H19O6P/c16-14(17)11-4-7-15(8-5-11)6-3-10-1-2-12(9-13(10)15)21-22(18,19)20/h1-2,9,11H,3-8H2,(H,16,17)(H2,18,19,20). The Morgan fingerprint density at radius 3 is 2.50 bits per heavy atom. The van der Waals surface area contributed by atoms with E-state index in [1.165, 1.54) is 5.56 Å². The van der Waals surface area contributed by atoms with E-state index in [1.807, 2.05) is 6.07 Å². The fourth-order valence-corrected chi connectivity index (χ4v) is 4.29. The Kier molecular flexibility index (Phi) is 3.79. The molecular formula is C15H19O6P. The van der Waals surface area contributed by atoms with E-state index >= 15 is 0 Å². The lowest BCUT2D eigenvalue weighted by Crippen LogP contribution is -2.32. The molecule has 0 bridgehead atoms. The first-order chi connectivity index (χ1) is 10.3. The normalized spacial score (nSPS) is 27.6. The van der Waals surface area contributed by atoms with Gasteiger partial charge in [-0.2, -0.15) is 0 Å². The summed E-state index contributed by atoms with van der Waals surface area (Å²) in [5.74, 6) is -0.829. The minimum Gasteiger partial charge on any atom is -0.481 e. The number of carboxylic acid groups (broad SMARTS) is 1. The van der Waals surface area contributed by atoms with Crippen LogP contribution in [0.1, 0.15) is 43.2 Å². The number of fused-ring (bicyclic) bond motifs is 2. The van der Waals surface area contributed by atoms with Crippen LogP contribution in [-0.4, -0.2) is 20.9 Å². The van der Waals surface area contributed by atoms with Crippen molar-refractivity contribution < 1.29 is 28.8 Å². The molecule has 0 aromatic heterocycles. The maximum absolute atomic E-state index is 11.1. The molecule has 3 rings (SSSR count). The second-order valence-electron chi connectivity index (χ2n) is 6.29. The molecule has 7 heteroatoms. The van der Waals surface area contributed by atoms with Gasteiger partial charge in [0.05, 0.1) is 5.92 Å². The molecule has 0 unspecified atom stereocenters. The molecule has 0 heterocycles. The van der Waals surface area contributed by atoms with Crippen molar-refractivity contribution in [3.05, 3.63) is 29.3 Å². The quantitative estimate of drug-likeness (QED) is 0.738. The zero-order chi connectivity index (χ0) is 16.0. The summed E-state index contributed by atoms with van der Waals surface area (Å²) in [5.41, 5.74) is 2.18. The maximum Gasteiger partial charge on any atom is 0.524 e. The molecule has 1 fully saturated rings. The number of carbonyl (C=O) groups is 1. The summed E-state index contributed by atoms with van der Waals surface area (Å²) in [5, 5.41) is 9.13. The van der Waals surface area contributed by atoms with Crippen molar-refractivity contribution in [2.45, 2.75) is 43.9 Å². The molecule has 0 saturated heterocycles. The first-order valence-corrected chi connectivity index (χ1v) is 8.93. The van der Waals surface area contributed by atoms with E-state index < -0.39 is 13.8 Å². The molecular weight excluding hydrogens is 307 g/mol. The van der Waals surface area contributed by atoms with E-state index in [2.05, 4.69) is 0 Å². The van der Waals surface area contributed by atoms with E-state index in [-0.39, 0.29) is 17.1 Å². The van der Waals surface area contributed by atoms with E-state index in [0.717, 1.165) is 31.2 Å². The van der Waals surface area contributed by atoms with Crippen LogP contribution in [0.3, 0.4) is 0 Å². The van der Waals surface area contributed by atoms with Crippen LogP contribution in [0.25, 0.3) is 0 Å². The van der Waals surface area contributed by atoms with Gasteiger partial charge in [-0.05, 0) is 67.2 Å². The molecule has 120 valence electrons. The van der Waals surface area contributed by atoms with Gasteiger partial charge in [0.1, 0.15) is 5.75 Å². The number of hydrogen-bond acceptors (Lipinski definition) is 3. The average molecular weight is 326 g/mol. The molecule has 1 spiro atoms. The lowest BCUT2D eigenvalue weighted by atomic mass is 9.67. The van der Waals surface area contributed by atoms with Gasteiger partial charge in [0.2, 0.25) is 0 Å². The summed E-state index contributed by atoms with van der Waals surface area (Å²) in [6.07, 6.45) is 4.79. The largest absolute Gasteiger partial charge is 0.524 e. The molecule has 0 atom stereocenters. The van der Waals surface area contributed by atoms with Crippen molar-refractivity contribution in [2.24, 2.45) is 5.92 Å². The SMILES string of the molecule is O=C(O)C1CCC2(CCc3ccc(OP(=O)(O)O)cc32)CC1. The Labute approximate surface area is 128 Å². The van der Waals surface area contributed by atoms with Gasteiger partial charge >= 0.3 is 13.8 Å². The van der Waals surface area contributed by atoms with Gasteiger partial charge in [-0.25, -0.2) is 4.57 Å². The Hall–Kier alpha value is -1.36. The molecule has 1 aromatic rings. The maximum atomic E-state index is 11.1. The van der Waals surface area contributed by atoms with Crippen LogP contribution < -0.4 is 4.52 Å². The van der Waals surface area contributed by atoms with Crippen LogP contribution in [-0.2, 0) is 21.2 Å². The molecule has 6 nitrogen and oxygen atoms in total. The minimum absolute atomic E-state index is 0.0600. The first kappa shape index (κ1) is 15.5. The van der Waals surface area contributed by atoms with E-state index in [9.17, 15) is 9.36 Å². The highest BCUT2D eigenvalue weighted by Crippen LogP contribution is 2.51. The van der Waals surface area contributed by atoms with E-state index in [0.29, 0.717) is 12.8 Å². The van der Waals surface area contributed by atoms with Gasteiger partial charge in [0.25, 0.3) is 0 Å². The predicted molar refractivity (Wildman–Crippen MR) is 78.7 cm³/mol. The lowest BCUT2D eigenvalue weighted by molar-refractivity contribution is -0.143. The van der Waals surface area contributed by atoms with Gasteiger partial charge in [-0.1, -0.05) is 6.07 Å². The van der Waals surface area contributed by atoms with Crippen LogP contribution >= 0.6 is 7.82 Å². The number of carboxylic acids is 1. The summed E-state index contributed by atoms with van der Waals surface area (Å²) >= 11 is 0. The van der Waals surface area contributed by atoms with Gasteiger partial charge in [-0.15, -0.1) is 0 Å². The molecule has 22 heavy (non-hydrogen) atoms. The summed E-state index contributed by atoms with van der Waals surface area (Å²) in [6, 6.07) is 5.17. The fraction of sp³-hybridized carbons (Fsp3) is 0.533. The molecule has 2 aliphatic carbocycles. The van der Waals surface area contributed by atoms with Gasteiger partial charge in [0.15, 0.2) is 0 Å². The van der Waals surface area contributed by atoms with Crippen LogP contribution in [0, 0.1) is 5.92 Å². The van der Waals surface area contributed by atoms with Crippen LogP contribution in [0.2, 0.25) is 0 Å². The highest BCUT2D eigenvalue weighted by molar-refractivity contribution is 7.46. The van der Waals surface area contributed by atoms with Gasteiger partial charge in [0, 0.05) is 0 Å². The lowest BCUT2D eigenvalue weighted by Gasteiger charge is -2.37. The van der Waals surface area contributed by atoms with Crippen molar-refractivity contribution in [1.82, 2.24) is 0 Å². The number of aryl methyl sites for hydroxylation is 1. The molecule has 0 amide bonds. The highest BCUT2D eigenvalue weighted by Gasteiger charge is 2.43. The van der Waals surface area contributed by atoms with Gasteiger partial charge in [-0.3, -0.25) is 14.6 Å². The third-order valence-corrected chi connectivity index (χ3v) is 5.49. The number of aliphatic carboxylic acids is 1. The van der Waals surface area contributed by atoms with Crippen LogP contribution in [0.5, 0.6) is 5.75 Å². The van der Waals surface area contributed by atoms with Crippen molar-refractivity contribution in [3.8, 4) is 5.75 Å². The fourth-order valence-electron chi connectivity index (χ4n) is 3.91. The van der Waals surface area contributed by atoms with Gasteiger partial charge < -0.3 is 9.63 Å². The number of phosphoric acid groups is 1. The predicted octanol–water partition coefficient (Wildman–Crippen LogP) is 2.62. The Bertz CT molecular complexity index is 641. The van der Waals surface area contributed by atoms with Crippen molar-refractivity contribution in [1.29, 1.82) is 0 Å². The molecule has 1 aromatic carbocycles.